The van der Waals surface area contributed by atoms with Crippen molar-refractivity contribution in [2.24, 2.45) is 0 Å². The lowest BCUT2D eigenvalue weighted by molar-refractivity contribution is 0.114. The molecule has 3 nitrogen and oxygen atoms in total. The van der Waals surface area contributed by atoms with E-state index in [1.165, 1.54) is 50.7 Å². The molecule has 3 atom stereocenters. The molecule has 2 saturated heterocycles. The topological polar surface area (TPSA) is 27.3 Å². The van der Waals surface area contributed by atoms with E-state index in [9.17, 15) is 4.39 Å². The minimum Gasteiger partial charge on any atom is -0.360 e. The molecule has 2 aliphatic heterocycles. The van der Waals surface area contributed by atoms with Crippen LogP contribution in [0.2, 0.25) is 0 Å². The molecule has 5 heteroatoms. The molecule has 1 unspecified atom stereocenters. The largest absolute Gasteiger partial charge is 0.360 e. The highest BCUT2D eigenvalue weighted by molar-refractivity contribution is 7.80. The van der Waals surface area contributed by atoms with Crippen molar-refractivity contribution in [3.63, 3.8) is 0 Å². The predicted octanol–water partition coefficient (Wildman–Crippen LogP) is 3.27. The molecule has 1 aromatic rings. The van der Waals surface area contributed by atoms with Gasteiger partial charge in [-0.15, -0.1) is 0 Å². The molecular formula is C17H22FN3S. The third-order valence-electron chi connectivity index (χ3n) is 5.20. The van der Waals surface area contributed by atoms with Crippen LogP contribution in [0.3, 0.4) is 0 Å². The van der Waals surface area contributed by atoms with Gasteiger partial charge in [-0.3, -0.25) is 4.90 Å². The molecule has 1 saturated carbocycles. The molecule has 0 aromatic heterocycles. The summed E-state index contributed by atoms with van der Waals surface area (Å²) >= 11 is 5.41. The van der Waals surface area contributed by atoms with E-state index in [1.807, 2.05) is 0 Å². The van der Waals surface area contributed by atoms with Crippen LogP contribution in [-0.2, 0) is 0 Å². The van der Waals surface area contributed by atoms with E-state index in [0.29, 0.717) is 11.2 Å². The van der Waals surface area contributed by atoms with Crippen molar-refractivity contribution in [1.29, 1.82) is 0 Å². The zero-order valence-electron chi connectivity index (χ0n) is 12.6. The van der Waals surface area contributed by atoms with Crippen molar-refractivity contribution in [1.82, 2.24) is 10.2 Å². The molecule has 3 fully saturated rings. The summed E-state index contributed by atoms with van der Waals surface area (Å²) in [7, 11) is 0. The highest BCUT2D eigenvalue weighted by atomic mass is 32.1. The van der Waals surface area contributed by atoms with E-state index < -0.39 is 0 Å². The minimum absolute atomic E-state index is 0.228. The van der Waals surface area contributed by atoms with Gasteiger partial charge in [-0.2, -0.15) is 0 Å². The summed E-state index contributed by atoms with van der Waals surface area (Å²) in [5.74, 6) is -0.228. The van der Waals surface area contributed by atoms with Gasteiger partial charge < -0.3 is 10.6 Å². The van der Waals surface area contributed by atoms with Gasteiger partial charge in [-0.1, -0.05) is 0 Å². The normalized spacial score (nSPS) is 31.0. The molecular weight excluding hydrogens is 297 g/mol. The van der Waals surface area contributed by atoms with Crippen LogP contribution in [0.5, 0.6) is 0 Å². The van der Waals surface area contributed by atoms with Gasteiger partial charge >= 0.3 is 0 Å². The highest BCUT2D eigenvalue weighted by Crippen LogP contribution is 2.43. The summed E-state index contributed by atoms with van der Waals surface area (Å²) in [4.78, 5) is 2.79. The van der Waals surface area contributed by atoms with E-state index in [2.05, 4.69) is 15.5 Å². The highest BCUT2D eigenvalue weighted by Gasteiger charge is 2.46. The fraction of sp³-hybridized carbons (Fsp3) is 0.588. The first-order chi connectivity index (χ1) is 10.7. The second kappa shape index (κ2) is 5.78. The summed E-state index contributed by atoms with van der Waals surface area (Å²) in [6.07, 6.45) is 7.87. The fourth-order valence-corrected chi connectivity index (χ4v) is 4.47. The Morgan fingerprint density at radius 2 is 1.59 bits per heavy atom. The van der Waals surface area contributed by atoms with Crippen LogP contribution in [-0.4, -0.2) is 34.2 Å². The molecule has 1 aliphatic carbocycles. The Morgan fingerprint density at radius 3 is 2.18 bits per heavy atom. The van der Waals surface area contributed by atoms with Crippen LogP contribution in [0.4, 0.5) is 10.1 Å². The first-order valence-electron chi connectivity index (χ1n) is 8.29. The maximum Gasteiger partial charge on any atom is 0.170 e. The van der Waals surface area contributed by atoms with E-state index in [0.717, 1.165) is 23.8 Å². The maximum atomic E-state index is 12.9. The lowest BCUT2D eigenvalue weighted by Crippen LogP contribution is -2.51. The number of nitrogens with zero attached hydrogens (tertiary/aromatic N) is 1. The van der Waals surface area contributed by atoms with Crippen LogP contribution in [0, 0.1) is 5.82 Å². The third kappa shape index (κ3) is 2.97. The smallest absolute Gasteiger partial charge is 0.170 e. The van der Waals surface area contributed by atoms with Crippen molar-refractivity contribution in [3.8, 4) is 0 Å². The number of hydrogen-bond acceptors (Lipinski definition) is 2. The number of rotatable bonds is 3. The van der Waals surface area contributed by atoms with Crippen LogP contribution >= 0.6 is 12.2 Å². The van der Waals surface area contributed by atoms with E-state index >= 15 is 0 Å². The Morgan fingerprint density at radius 1 is 1.00 bits per heavy atom. The molecule has 2 heterocycles. The zero-order chi connectivity index (χ0) is 15.1. The lowest BCUT2D eigenvalue weighted by Gasteiger charge is -2.39. The van der Waals surface area contributed by atoms with Gasteiger partial charge in [0.15, 0.2) is 5.11 Å². The van der Waals surface area contributed by atoms with Crippen molar-refractivity contribution in [2.75, 3.05) is 5.32 Å². The summed E-state index contributed by atoms with van der Waals surface area (Å²) in [5.41, 5.74) is 0.831. The summed E-state index contributed by atoms with van der Waals surface area (Å²) in [6.45, 7) is 0. The number of halogens is 1. The average molecular weight is 319 g/mol. The Balaban J connectivity index is 1.32. The Hall–Kier alpha value is -1.20. The van der Waals surface area contributed by atoms with Crippen LogP contribution < -0.4 is 10.6 Å². The van der Waals surface area contributed by atoms with Crippen LogP contribution in [0.25, 0.3) is 0 Å². The monoisotopic (exact) mass is 319 g/mol. The SMILES string of the molecule is Fc1ccc(NC(=S)NC2C[C@H]3CC[C@@H](C2)N3C2CC2)cc1. The average Bonchev–Trinajstić information content (AvgIpc) is 3.28. The lowest BCUT2D eigenvalue weighted by atomic mass is 9.97. The molecule has 2 bridgehead atoms. The molecule has 3 aliphatic rings. The van der Waals surface area contributed by atoms with Crippen molar-refractivity contribution >= 4 is 23.0 Å². The van der Waals surface area contributed by atoms with Gasteiger partial charge in [-0.05, 0) is 75.0 Å². The minimum atomic E-state index is -0.228. The number of benzene rings is 1. The number of piperidine rings is 1. The van der Waals surface area contributed by atoms with Gasteiger partial charge in [0, 0.05) is 29.9 Å². The molecule has 118 valence electrons. The fourth-order valence-electron chi connectivity index (χ4n) is 4.19. The van der Waals surface area contributed by atoms with Crippen LogP contribution in [0.1, 0.15) is 38.5 Å². The molecule has 0 amide bonds. The van der Waals surface area contributed by atoms with E-state index in [4.69, 9.17) is 12.2 Å². The van der Waals surface area contributed by atoms with Gasteiger partial charge in [0.05, 0.1) is 0 Å². The summed E-state index contributed by atoms with van der Waals surface area (Å²) in [5, 5.41) is 7.26. The van der Waals surface area contributed by atoms with Crippen LogP contribution in [0.15, 0.2) is 24.3 Å². The predicted molar refractivity (Wildman–Crippen MR) is 90.4 cm³/mol. The summed E-state index contributed by atoms with van der Waals surface area (Å²) in [6, 6.07) is 9.15. The molecule has 4 rings (SSSR count). The quantitative estimate of drug-likeness (QED) is 0.836. The Kier molecular flexibility index (Phi) is 3.78. The van der Waals surface area contributed by atoms with E-state index in [-0.39, 0.29) is 5.82 Å². The molecule has 22 heavy (non-hydrogen) atoms. The number of nitrogens with one attached hydrogen (secondary N) is 2. The second-order valence-corrected chi connectivity index (χ2v) is 7.25. The Labute approximate surface area is 136 Å². The second-order valence-electron chi connectivity index (χ2n) is 6.84. The van der Waals surface area contributed by atoms with Gasteiger partial charge in [0.2, 0.25) is 0 Å². The summed E-state index contributed by atoms with van der Waals surface area (Å²) < 4.78 is 12.9. The molecule has 1 aromatic carbocycles. The third-order valence-corrected chi connectivity index (χ3v) is 5.42. The van der Waals surface area contributed by atoms with Gasteiger partial charge in [0.25, 0.3) is 0 Å². The van der Waals surface area contributed by atoms with Crippen molar-refractivity contribution in [2.45, 2.75) is 62.7 Å². The number of fused-ring (bicyclic) bond motifs is 2. The van der Waals surface area contributed by atoms with Gasteiger partial charge in [-0.25, -0.2) is 4.39 Å². The number of anilines is 1. The first kappa shape index (κ1) is 14.4. The first-order valence-corrected chi connectivity index (χ1v) is 8.70. The van der Waals surface area contributed by atoms with Gasteiger partial charge in [0.1, 0.15) is 5.82 Å². The standard InChI is InChI=1S/C17H22FN3S/c18-11-1-3-12(4-2-11)19-17(22)20-13-9-15-7-8-16(10-13)21(15)14-5-6-14/h1-4,13-16H,5-10H2,(H2,19,20,22)/t13?,15-,16+. The molecule has 2 N–H and O–H groups in total. The number of hydrogen-bond donors (Lipinski definition) is 2. The van der Waals surface area contributed by atoms with E-state index in [1.54, 1.807) is 12.1 Å². The maximum absolute atomic E-state index is 12.9. The van der Waals surface area contributed by atoms with Crippen molar-refractivity contribution < 1.29 is 4.39 Å². The van der Waals surface area contributed by atoms with Crippen molar-refractivity contribution in [3.05, 3.63) is 30.1 Å². The molecule has 0 spiro atoms. The molecule has 0 radical (unpaired) electrons. The Bertz CT molecular complexity index is 544. The zero-order valence-corrected chi connectivity index (χ0v) is 13.4. The number of thiocarbonyl (C=S) groups is 1.